The summed E-state index contributed by atoms with van der Waals surface area (Å²) < 4.78 is 13.0. The van der Waals surface area contributed by atoms with Crippen LogP contribution in [0.3, 0.4) is 0 Å². The van der Waals surface area contributed by atoms with Crippen molar-refractivity contribution >= 4 is 17.7 Å². The van der Waals surface area contributed by atoms with Crippen LogP contribution in [0.2, 0.25) is 0 Å². The number of nitrogens with zero attached hydrogens (tertiary/aromatic N) is 3. The smallest absolute Gasteiger partial charge is 0.255 e. The fraction of sp³-hybridized carbons (Fsp3) is 0.438. The van der Waals surface area contributed by atoms with E-state index in [0.717, 1.165) is 0 Å². The number of hydrogen-bond acceptors (Lipinski definition) is 3. The molecule has 122 valence electrons. The fourth-order valence-corrected chi connectivity index (χ4v) is 3.24. The molecular weight excluding hydrogens is 301 g/mol. The summed E-state index contributed by atoms with van der Waals surface area (Å²) in [5, 5.41) is 0. The molecule has 1 aromatic rings. The van der Waals surface area contributed by atoms with E-state index in [1.807, 2.05) is 0 Å². The van der Waals surface area contributed by atoms with Crippen LogP contribution < -0.4 is 0 Å². The van der Waals surface area contributed by atoms with E-state index in [4.69, 9.17) is 0 Å². The number of halogens is 1. The number of rotatable bonds is 1. The summed E-state index contributed by atoms with van der Waals surface area (Å²) in [7, 11) is 1.66. The maximum atomic E-state index is 13.0. The number of hydrogen-bond donors (Lipinski definition) is 0. The van der Waals surface area contributed by atoms with Crippen molar-refractivity contribution < 1.29 is 18.8 Å². The SMILES string of the molecule is CC1C(=O)N(C)CC2N(C(=O)c3ccc(F)cc3)CCC(=O)N12. The molecule has 3 amide bonds. The number of carbonyl (C=O) groups is 3. The average Bonchev–Trinajstić information content (AvgIpc) is 2.53. The van der Waals surface area contributed by atoms with Crippen molar-refractivity contribution in [1.29, 1.82) is 0 Å². The minimum absolute atomic E-state index is 0.118. The molecule has 3 rings (SSSR count). The summed E-state index contributed by atoms with van der Waals surface area (Å²) in [4.78, 5) is 41.7. The van der Waals surface area contributed by atoms with Gasteiger partial charge in [0.05, 0.1) is 6.54 Å². The zero-order valence-corrected chi connectivity index (χ0v) is 13.0. The Morgan fingerprint density at radius 1 is 1.22 bits per heavy atom. The van der Waals surface area contributed by atoms with Crippen LogP contribution in [0.25, 0.3) is 0 Å². The molecule has 2 aliphatic heterocycles. The summed E-state index contributed by atoms with van der Waals surface area (Å²) in [5.41, 5.74) is 0.368. The molecule has 2 atom stereocenters. The van der Waals surface area contributed by atoms with Crippen molar-refractivity contribution in [1.82, 2.24) is 14.7 Å². The molecule has 6 nitrogen and oxygen atoms in total. The van der Waals surface area contributed by atoms with Gasteiger partial charge in [-0.1, -0.05) is 0 Å². The highest BCUT2D eigenvalue weighted by molar-refractivity contribution is 5.96. The number of fused-ring (bicyclic) bond motifs is 1. The van der Waals surface area contributed by atoms with Gasteiger partial charge in [-0.15, -0.1) is 0 Å². The standard InChI is InChI=1S/C16H18FN3O3/c1-10-15(22)18(2)9-13-19(8-7-14(21)20(10)13)16(23)11-3-5-12(17)6-4-11/h3-6,10,13H,7-9H2,1-2H3. The zero-order chi connectivity index (χ0) is 16.7. The van der Waals surface area contributed by atoms with Crippen LogP contribution in [-0.4, -0.2) is 64.8 Å². The van der Waals surface area contributed by atoms with Gasteiger partial charge in [0.1, 0.15) is 18.0 Å². The second-order valence-electron chi connectivity index (χ2n) is 5.93. The van der Waals surface area contributed by atoms with Gasteiger partial charge in [-0.2, -0.15) is 0 Å². The first-order valence-corrected chi connectivity index (χ1v) is 7.53. The zero-order valence-electron chi connectivity index (χ0n) is 13.0. The summed E-state index contributed by atoms with van der Waals surface area (Å²) >= 11 is 0. The van der Waals surface area contributed by atoms with Crippen molar-refractivity contribution in [2.45, 2.75) is 25.6 Å². The van der Waals surface area contributed by atoms with Gasteiger partial charge in [0, 0.05) is 25.6 Å². The first-order valence-electron chi connectivity index (χ1n) is 7.53. The number of piperazine rings is 1. The normalized spacial score (nSPS) is 24.7. The lowest BCUT2D eigenvalue weighted by molar-refractivity contribution is -0.164. The van der Waals surface area contributed by atoms with Crippen LogP contribution in [0.1, 0.15) is 23.7 Å². The number of likely N-dealkylation sites (N-methyl/N-ethyl adjacent to an activating group) is 1. The van der Waals surface area contributed by atoms with Crippen LogP contribution in [0.4, 0.5) is 4.39 Å². The van der Waals surface area contributed by atoms with Gasteiger partial charge in [0.25, 0.3) is 5.91 Å². The molecule has 2 saturated heterocycles. The molecule has 0 spiro atoms. The maximum absolute atomic E-state index is 13.0. The molecular formula is C16H18FN3O3. The highest BCUT2D eigenvalue weighted by atomic mass is 19.1. The Morgan fingerprint density at radius 3 is 2.52 bits per heavy atom. The van der Waals surface area contributed by atoms with Crippen molar-refractivity contribution in [3.05, 3.63) is 35.6 Å². The van der Waals surface area contributed by atoms with Gasteiger partial charge in [0.2, 0.25) is 11.8 Å². The van der Waals surface area contributed by atoms with Crippen LogP contribution in [0.5, 0.6) is 0 Å². The van der Waals surface area contributed by atoms with E-state index in [-0.39, 0.29) is 30.7 Å². The van der Waals surface area contributed by atoms with Crippen LogP contribution >= 0.6 is 0 Å². The molecule has 23 heavy (non-hydrogen) atoms. The van der Waals surface area contributed by atoms with E-state index in [2.05, 4.69) is 0 Å². The third kappa shape index (κ3) is 2.56. The maximum Gasteiger partial charge on any atom is 0.255 e. The molecule has 0 N–H and O–H groups in total. The minimum Gasteiger partial charge on any atom is -0.340 e. The minimum atomic E-state index is -0.588. The van der Waals surface area contributed by atoms with Gasteiger partial charge >= 0.3 is 0 Å². The summed E-state index contributed by atoms with van der Waals surface area (Å²) in [6.07, 6.45) is -0.295. The van der Waals surface area contributed by atoms with Crippen LogP contribution in [0, 0.1) is 5.82 Å². The lowest BCUT2D eigenvalue weighted by Gasteiger charge is -2.50. The Balaban J connectivity index is 1.90. The summed E-state index contributed by atoms with van der Waals surface area (Å²) in [6.45, 7) is 2.25. The number of benzene rings is 1. The highest BCUT2D eigenvalue weighted by Crippen LogP contribution is 2.26. The Morgan fingerprint density at radius 2 is 1.87 bits per heavy atom. The third-order valence-electron chi connectivity index (χ3n) is 4.48. The average molecular weight is 319 g/mol. The summed E-state index contributed by atoms with van der Waals surface area (Å²) in [6, 6.07) is 4.74. The largest absolute Gasteiger partial charge is 0.340 e. The molecule has 7 heteroatoms. The van der Waals surface area contributed by atoms with Crippen molar-refractivity contribution in [2.24, 2.45) is 0 Å². The lowest BCUT2D eigenvalue weighted by atomic mass is 10.0. The van der Waals surface area contributed by atoms with Crippen LogP contribution in [-0.2, 0) is 9.59 Å². The van der Waals surface area contributed by atoms with E-state index in [0.29, 0.717) is 12.1 Å². The molecule has 1 aromatic carbocycles. The van der Waals surface area contributed by atoms with Crippen LogP contribution in [0.15, 0.2) is 24.3 Å². The van der Waals surface area contributed by atoms with E-state index >= 15 is 0 Å². The third-order valence-corrected chi connectivity index (χ3v) is 4.48. The van der Waals surface area contributed by atoms with Crippen molar-refractivity contribution in [3.8, 4) is 0 Å². The Bertz CT molecular complexity index is 661. The quantitative estimate of drug-likeness (QED) is 0.765. The van der Waals surface area contributed by atoms with E-state index in [9.17, 15) is 18.8 Å². The van der Waals surface area contributed by atoms with Gasteiger partial charge in [-0.3, -0.25) is 14.4 Å². The monoisotopic (exact) mass is 319 g/mol. The Labute approximate surface area is 133 Å². The molecule has 0 bridgehead atoms. The Hall–Kier alpha value is -2.44. The lowest BCUT2D eigenvalue weighted by Crippen LogP contribution is -2.70. The molecule has 2 unspecified atom stereocenters. The predicted molar refractivity (Wildman–Crippen MR) is 79.8 cm³/mol. The van der Waals surface area contributed by atoms with Gasteiger partial charge in [0.15, 0.2) is 0 Å². The Kier molecular flexibility index (Phi) is 3.79. The fourth-order valence-electron chi connectivity index (χ4n) is 3.24. The molecule has 0 aliphatic carbocycles. The molecule has 2 heterocycles. The molecule has 2 fully saturated rings. The molecule has 0 saturated carbocycles. The summed E-state index contributed by atoms with van der Waals surface area (Å²) in [5.74, 6) is -0.922. The first-order chi connectivity index (χ1) is 10.9. The predicted octanol–water partition coefficient (Wildman–Crippen LogP) is 0.687. The first kappa shape index (κ1) is 15.5. The molecule has 2 aliphatic rings. The number of amides is 3. The van der Waals surface area contributed by atoms with E-state index < -0.39 is 18.0 Å². The molecule has 0 radical (unpaired) electrons. The molecule has 0 aromatic heterocycles. The van der Waals surface area contributed by atoms with Gasteiger partial charge < -0.3 is 14.7 Å². The van der Waals surface area contributed by atoms with Crippen molar-refractivity contribution in [2.75, 3.05) is 20.1 Å². The second-order valence-corrected chi connectivity index (χ2v) is 5.93. The van der Waals surface area contributed by atoms with Gasteiger partial charge in [-0.25, -0.2) is 4.39 Å². The van der Waals surface area contributed by atoms with Crippen molar-refractivity contribution in [3.63, 3.8) is 0 Å². The van der Waals surface area contributed by atoms with E-state index in [1.54, 1.807) is 18.9 Å². The van der Waals surface area contributed by atoms with E-state index in [1.165, 1.54) is 34.1 Å². The number of carbonyl (C=O) groups excluding carboxylic acids is 3. The van der Waals surface area contributed by atoms with Gasteiger partial charge in [-0.05, 0) is 31.2 Å². The highest BCUT2D eigenvalue weighted by Gasteiger charge is 2.46. The topological polar surface area (TPSA) is 60.9 Å². The second kappa shape index (κ2) is 5.64.